The molecule has 0 amide bonds. The monoisotopic (exact) mass is 311 g/mol. The fraction of sp³-hybridized carbons (Fsp3) is 0.643. The summed E-state index contributed by atoms with van der Waals surface area (Å²) in [5.74, 6) is 0. The number of hydrogen-bond acceptors (Lipinski definition) is 3. The minimum Gasteiger partial charge on any atom is -0.311 e. The minimum absolute atomic E-state index is 0.849. The molecule has 0 saturated carbocycles. The van der Waals surface area contributed by atoms with Crippen LogP contribution < -0.4 is 5.32 Å². The highest BCUT2D eigenvalue weighted by atomic mass is 79.9. The minimum atomic E-state index is 0.849. The molecule has 18 heavy (non-hydrogen) atoms. The Balaban J connectivity index is 1.57. The van der Waals surface area contributed by atoms with Crippen LogP contribution in [0.15, 0.2) is 22.8 Å². The molecular formula is C14H22BrN3. The summed E-state index contributed by atoms with van der Waals surface area (Å²) in [6.45, 7) is 5.74. The zero-order valence-corrected chi connectivity index (χ0v) is 12.5. The Hall–Kier alpha value is -0.450. The van der Waals surface area contributed by atoms with Crippen LogP contribution in [0.5, 0.6) is 0 Å². The number of piperidine rings is 1. The molecule has 0 aromatic carbocycles. The maximum Gasteiger partial charge on any atom is 0.0683 e. The van der Waals surface area contributed by atoms with Crippen molar-refractivity contribution in [1.29, 1.82) is 0 Å². The first-order chi connectivity index (χ1) is 8.86. The first kappa shape index (κ1) is 14.0. The van der Waals surface area contributed by atoms with Crippen molar-refractivity contribution >= 4 is 15.9 Å². The lowest BCUT2D eigenvalue weighted by molar-refractivity contribution is 0.225. The molecule has 100 valence electrons. The van der Waals surface area contributed by atoms with Crippen LogP contribution in [0.25, 0.3) is 0 Å². The molecule has 2 heterocycles. The number of likely N-dealkylation sites (tertiary alicyclic amines) is 1. The molecule has 1 saturated heterocycles. The normalized spacial score (nSPS) is 16.9. The number of aromatic nitrogens is 1. The van der Waals surface area contributed by atoms with Crippen LogP contribution in [0.4, 0.5) is 0 Å². The summed E-state index contributed by atoms with van der Waals surface area (Å²) < 4.78 is 1.09. The third-order valence-electron chi connectivity index (χ3n) is 3.40. The van der Waals surface area contributed by atoms with Crippen molar-refractivity contribution in [2.45, 2.75) is 32.2 Å². The van der Waals surface area contributed by atoms with Crippen molar-refractivity contribution in [3.8, 4) is 0 Å². The lowest BCUT2D eigenvalue weighted by Gasteiger charge is -2.26. The maximum atomic E-state index is 4.35. The first-order valence-corrected chi connectivity index (χ1v) is 7.68. The molecule has 1 aromatic heterocycles. The Kier molecular flexibility index (Phi) is 6.11. The van der Waals surface area contributed by atoms with Gasteiger partial charge in [-0.1, -0.05) is 6.42 Å². The van der Waals surface area contributed by atoms with Gasteiger partial charge in [-0.2, -0.15) is 0 Å². The molecule has 1 fully saturated rings. The number of rotatable bonds is 6. The number of halogens is 1. The molecule has 1 aromatic rings. The van der Waals surface area contributed by atoms with Gasteiger partial charge in [0.1, 0.15) is 0 Å². The first-order valence-electron chi connectivity index (χ1n) is 6.89. The average Bonchev–Trinajstić information content (AvgIpc) is 2.42. The van der Waals surface area contributed by atoms with Crippen molar-refractivity contribution in [2.75, 3.05) is 26.2 Å². The second-order valence-electron chi connectivity index (χ2n) is 4.86. The van der Waals surface area contributed by atoms with Crippen LogP contribution in [-0.4, -0.2) is 36.1 Å². The predicted molar refractivity (Wildman–Crippen MR) is 78.6 cm³/mol. The van der Waals surface area contributed by atoms with E-state index in [-0.39, 0.29) is 0 Å². The van der Waals surface area contributed by atoms with Gasteiger partial charge in [-0.25, -0.2) is 0 Å². The van der Waals surface area contributed by atoms with Crippen LogP contribution in [-0.2, 0) is 6.54 Å². The molecule has 3 nitrogen and oxygen atoms in total. The summed E-state index contributed by atoms with van der Waals surface area (Å²) >= 11 is 3.52. The summed E-state index contributed by atoms with van der Waals surface area (Å²) in [6, 6.07) is 3.99. The highest BCUT2D eigenvalue weighted by Gasteiger charge is 2.08. The number of nitrogens with zero attached hydrogens (tertiary/aromatic N) is 2. The third-order valence-corrected chi connectivity index (χ3v) is 4.13. The average molecular weight is 312 g/mol. The molecule has 0 radical (unpaired) electrons. The number of nitrogens with one attached hydrogen (secondary N) is 1. The third kappa shape index (κ3) is 4.67. The zero-order chi connectivity index (χ0) is 12.6. The lowest BCUT2D eigenvalue weighted by Crippen LogP contribution is -2.32. The van der Waals surface area contributed by atoms with Gasteiger partial charge >= 0.3 is 0 Å². The van der Waals surface area contributed by atoms with Crippen LogP contribution in [0, 0.1) is 0 Å². The molecule has 0 atom stereocenters. The Labute approximate surface area is 118 Å². The van der Waals surface area contributed by atoms with Gasteiger partial charge in [0.25, 0.3) is 0 Å². The topological polar surface area (TPSA) is 28.2 Å². The molecule has 1 aliphatic rings. The fourth-order valence-electron chi connectivity index (χ4n) is 2.37. The molecule has 2 rings (SSSR count). The summed E-state index contributed by atoms with van der Waals surface area (Å²) in [6.07, 6.45) is 7.25. The molecule has 1 N–H and O–H groups in total. The fourth-order valence-corrected chi connectivity index (χ4v) is 2.76. The Morgan fingerprint density at radius 2 is 2.11 bits per heavy atom. The van der Waals surface area contributed by atoms with E-state index in [1.165, 1.54) is 45.3 Å². The molecule has 1 aliphatic heterocycles. The van der Waals surface area contributed by atoms with Gasteiger partial charge in [0, 0.05) is 17.2 Å². The van der Waals surface area contributed by atoms with E-state index in [4.69, 9.17) is 0 Å². The quantitative estimate of drug-likeness (QED) is 0.819. The van der Waals surface area contributed by atoms with Gasteiger partial charge in [-0.05, 0) is 73.5 Å². The van der Waals surface area contributed by atoms with Gasteiger partial charge in [0.05, 0.1) is 5.69 Å². The molecule has 4 heteroatoms. The van der Waals surface area contributed by atoms with Crippen molar-refractivity contribution in [1.82, 2.24) is 15.2 Å². The van der Waals surface area contributed by atoms with Crippen LogP contribution >= 0.6 is 15.9 Å². The van der Waals surface area contributed by atoms with Crippen molar-refractivity contribution in [3.05, 3.63) is 28.5 Å². The van der Waals surface area contributed by atoms with E-state index in [0.717, 1.165) is 23.3 Å². The zero-order valence-electron chi connectivity index (χ0n) is 10.9. The van der Waals surface area contributed by atoms with E-state index in [1.807, 2.05) is 18.3 Å². The van der Waals surface area contributed by atoms with Crippen LogP contribution in [0.2, 0.25) is 0 Å². The number of pyridine rings is 1. The SMILES string of the molecule is Brc1cccnc1CNCCCN1CCCCC1. The van der Waals surface area contributed by atoms with Crippen LogP contribution in [0.3, 0.4) is 0 Å². The van der Waals surface area contributed by atoms with E-state index in [9.17, 15) is 0 Å². The van der Waals surface area contributed by atoms with Gasteiger partial charge in [-0.3, -0.25) is 4.98 Å². The summed E-state index contributed by atoms with van der Waals surface area (Å²) in [5.41, 5.74) is 1.09. The molecular weight excluding hydrogens is 290 g/mol. The van der Waals surface area contributed by atoms with Crippen LogP contribution in [0.1, 0.15) is 31.4 Å². The largest absolute Gasteiger partial charge is 0.311 e. The number of hydrogen-bond donors (Lipinski definition) is 1. The van der Waals surface area contributed by atoms with Gasteiger partial charge < -0.3 is 10.2 Å². The second-order valence-corrected chi connectivity index (χ2v) is 5.72. The van der Waals surface area contributed by atoms with E-state index < -0.39 is 0 Å². The highest BCUT2D eigenvalue weighted by molar-refractivity contribution is 9.10. The predicted octanol–water partition coefficient (Wildman–Crippen LogP) is 2.81. The van der Waals surface area contributed by atoms with E-state index in [2.05, 4.69) is 31.1 Å². The smallest absolute Gasteiger partial charge is 0.0683 e. The van der Waals surface area contributed by atoms with Gasteiger partial charge in [-0.15, -0.1) is 0 Å². The van der Waals surface area contributed by atoms with Crippen molar-refractivity contribution in [3.63, 3.8) is 0 Å². The summed E-state index contributed by atoms with van der Waals surface area (Å²) in [7, 11) is 0. The van der Waals surface area contributed by atoms with Crippen molar-refractivity contribution in [2.24, 2.45) is 0 Å². The Morgan fingerprint density at radius 3 is 2.89 bits per heavy atom. The highest BCUT2D eigenvalue weighted by Crippen LogP contribution is 2.12. The molecule has 0 bridgehead atoms. The van der Waals surface area contributed by atoms with Crippen molar-refractivity contribution < 1.29 is 0 Å². The molecule has 0 unspecified atom stereocenters. The summed E-state index contributed by atoms with van der Waals surface area (Å²) in [5, 5.41) is 3.46. The van der Waals surface area contributed by atoms with E-state index in [1.54, 1.807) is 0 Å². The Bertz CT molecular complexity index is 351. The van der Waals surface area contributed by atoms with Gasteiger partial charge in [0.15, 0.2) is 0 Å². The molecule has 0 aliphatic carbocycles. The molecule has 0 spiro atoms. The standard InChI is InChI=1S/C14H22BrN3/c15-13-6-4-8-17-14(13)12-16-7-5-11-18-9-2-1-3-10-18/h4,6,8,16H,1-3,5,7,9-12H2. The Morgan fingerprint density at radius 1 is 1.28 bits per heavy atom. The maximum absolute atomic E-state index is 4.35. The van der Waals surface area contributed by atoms with Gasteiger partial charge in [0.2, 0.25) is 0 Å². The van der Waals surface area contributed by atoms with E-state index in [0.29, 0.717) is 0 Å². The lowest BCUT2D eigenvalue weighted by atomic mass is 10.1. The summed E-state index contributed by atoms with van der Waals surface area (Å²) in [4.78, 5) is 6.93. The van der Waals surface area contributed by atoms with E-state index >= 15 is 0 Å². The second kappa shape index (κ2) is 7.87.